The summed E-state index contributed by atoms with van der Waals surface area (Å²) in [6.45, 7) is 2.09. The lowest BCUT2D eigenvalue weighted by Gasteiger charge is -2.36. The van der Waals surface area contributed by atoms with E-state index in [-0.39, 0.29) is 34.6 Å². The second-order valence-corrected chi connectivity index (χ2v) is 8.70. The second-order valence-electron chi connectivity index (χ2n) is 6.84. The predicted molar refractivity (Wildman–Crippen MR) is 108 cm³/mol. The Balaban J connectivity index is 1.73. The number of nitrogens with zero attached hydrogens (tertiary/aromatic N) is 1. The quantitative estimate of drug-likeness (QED) is 0.663. The number of aliphatic imine (C=N–C) groups is 1. The van der Waals surface area contributed by atoms with Crippen LogP contribution in [0.2, 0.25) is 0 Å². The Morgan fingerprint density at radius 1 is 1.29 bits per heavy atom. The number of carbonyl (C=O) groups is 1. The molecular formula is C20H17BrF2N2O2S. The van der Waals surface area contributed by atoms with Crippen LogP contribution in [0.5, 0.6) is 0 Å². The Hall–Kier alpha value is -1.77. The molecule has 146 valence electrons. The number of fused-ring (bicyclic) bond motifs is 1. The average molecular weight is 467 g/mol. The molecule has 3 atom stereocenters. The molecule has 0 radical (unpaired) electrons. The molecule has 0 unspecified atom stereocenters. The number of hydrogen-bond acceptors (Lipinski definition) is 4. The summed E-state index contributed by atoms with van der Waals surface area (Å²) in [7, 11) is 0. The molecule has 0 aliphatic carbocycles. The number of benzene rings is 2. The normalized spacial score (nSPS) is 26.5. The molecule has 28 heavy (non-hydrogen) atoms. The molecule has 1 saturated heterocycles. The van der Waals surface area contributed by atoms with Crippen molar-refractivity contribution >= 4 is 38.8 Å². The van der Waals surface area contributed by atoms with Crippen molar-refractivity contribution in [2.45, 2.75) is 18.6 Å². The molecule has 2 aromatic rings. The standard InChI is InChI=1S/C20H17BrF2N2O2S/c1-11-14-9-28-19(24-18(26)12-5-3-2-4-6-12)25-20(14,10-27-11)13-7-15(21)17(23)8-16(13)22/h2-8,11,14H,9-10H2,1H3,(H,24,25,26)/t11-,14-,20-/m1/s1. The Kier molecular flexibility index (Phi) is 5.28. The van der Waals surface area contributed by atoms with Gasteiger partial charge in [0.25, 0.3) is 5.91 Å². The summed E-state index contributed by atoms with van der Waals surface area (Å²) in [5.41, 5.74) is -0.236. The number of amides is 1. The monoisotopic (exact) mass is 466 g/mol. The fourth-order valence-electron chi connectivity index (χ4n) is 3.66. The first-order valence-corrected chi connectivity index (χ1v) is 10.5. The molecule has 0 saturated carbocycles. The third kappa shape index (κ3) is 3.38. The van der Waals surface area contributed by atoms with Gasteiger partial charge in [-0.15, -0.1) is 0 Å². The van der Waals surface area contributed by atoms with E-state index in [1.165, 1.54) is 17.8 Å². The molecule has 4 rings (SSSR count). The largest absolute Gasteiger partial charge is 0.375 e. The van der Waals surface area contributed by atoms with E-state index in [2.05, 4.69) is 21.2 Å². The van der Waals surface area contributed by atoms with Crippen LogP contribution in [-0.4, -0.2) is 29.5 Å². The number of ether oxygens (including phenoxy) is 1. The van der Waals surface area contributed by atoms with Gasteiger partial charge in [-0.2, -0.15) is 0 Å². The Morgan fingerprint density at radius 2 is 2.04 bits per heavy atom. The Labute approximate surface area is 173 Å². The van der Waals surface area contributed by atoms with Gasteiger partial charge in [-0.25, -0.2) is 13.8 Å². The van der Waals surface area contributed by atoms with Gasteiger partial charge in [0.2, 0.25) is 0 Å². The van der Waals surface area contributed by atoms with E-state index in [0.717, 1.165) is 6.07 Å². The van der Waals surface area contributed by atoms with E-state index < -0.39 is 17.2 Å². The molecule has 0 spiro atoms. The first-order chi connectivity index (χ1) is 13.4. The minimum Gasteiger partial charge on any atom is -0.375 e. The van der Waals surface area contributed by atoms with Crippen molar-refractivity contribution in [3.8, 4) is 0 Å². The average Bonchev–Trinajstić information content (AvgIpc) is 3.02. The van der Waals surface area contributed by atoms with Crippen molar-refractivity contribution in [1.29, 1.82) is 0 Å². The molecule has 2 aliphatic heterocycles. The van der Waals surface area contributed by atoms with E-state index in [4.69, 9.17) is 9.73 Å². The number of amidine groups is 1. The molecule has 1 fully saturated rings. The lowest BCUT2D eigenvalue weighted by molar-refractivity contribution is 0.0977. The van der Waals surface area contributed by atoms with Crippen molar-refractivity contribution in [2.24, 2.45) is 10.9 Å². The van der Waals surface area contributed by atoms with Gasteiger partial charge in [0.15, 0.2) is 5.17 Å². The highest BCUT2D eigenvalue weighted by atomic mass is 79.9. The molecule has 8 heteroatoms. The number of rotatable bonds is 2. The summed E-state index contributed by atoms with van der Waals surface area (Å²) in [4.78, 5) is 17.2. The van der Waals surface area contributed by atoms with Crippen molar-refractivity contribution in [2.75, 3.05) is 12.4 Å². The van der Waals surface area contributed by atoms with Gasteiger partial charge >= 0.3 is 0 Å². The van der Waals surface area contributed by atoms with E-state index in [1.54, 1.807) is 24.3 Å². The third-order valence-corrected chi connectivity index (χ3v) is 6.78. The number of halogens is 3. The maximum absolute atomic E-state index is 14.7. The highest BCUT2D eigenvalue weighted by Crippen LogP contribution is 2.48. The molecule has 0 bridgehead atoms. The van der Waals surface area contributed by atoms with E-state index >= 15 is 0 Å². The molecule has 0 aromatic heterocycles. The summed E-state index contributed by atoms with van der Waals surface area (Å²) in [6, 6.07) is 11.1. The van der Waals surface area contributed by atoms with Crippen molar-refractivity contribution in [3.63, 3.8) is 0 Å². The Morgan fingerprint density at radius 3 is 2.79 bits per heavy atom. The van der Waals surface area contributed by atoms with Crippen molar-refractivity contribution in [3.05, 3.63) is 69.7 Å². The first-order valence-electron chi connectivity index (χ1n) is 8.76. The number of nitrogens with one attached hydrogen (secondary N) is 1. The fourth-order valence-corrected chi connectivity index (χ4v) is 5.28. The summed E-state index contributed by atoms with van der Waals surface area (Å²) in [6.07, 6.45) is -0.133. The van der Waals surface area contributed by atoms with Crippen LogP contribution in [0, 0.1) is 17.6 Å². The Bertz CT molecular complexity index is 957. The summed E-state index contributed by atoms with van der Waals surface area (Å²) in [5.74, 6) is -1.13. The molecular weight excluding hydrogens is 450 g/mol. The van der Waals surface area contributed by atoms with Crippen molar-refractivity contribution < 1.29 is 18.3 Å². The van der Waals surface area contributed by atoms with Crippen LogP contribution in [0.25, 0.3) is 0 Å². The molecule has 4 nitrogen and oxygen atoms in total. The maximum atomic E-state index is 14.7. The van der Waals surface area contributed by atoms with Gasteiger partial charge in [-0.05, 0) is 41.1 Å². The van der Waals surface area contributed by atoms with Gasteiger partial charge in [0, 0.05) is 28.9 Å². The van der Waals surface area contributed by atoms with Crippen LogP contribution >= 0.6 is 27.7 Å². The number of hydrogen-bond donors (Lipinski definition) is 1. The van der Waals surface area contributed by atoms with Crippen molar-refractivity contribution in [1.82, 2.24) is 5.32 Å². The van der Waals surface area contributed by atoms with Crippen LogP contribution in [-0.2, 0) is 10.3 Å². The smallest absolute Gasteiger partial charge is 0.257 e. The molecule has 2 aliphatic rings. The molecule has 2 heterocycles. The SMILES string of the molecule is C[C@H]1OC[C@]2(c3cc(Br)c(F)cc3F)N=C(NC(=O)c3ccccc3)SC[C@H]12. The van der Waals surface area contributed by atoms with E-state index in [9.17, 15) is 13.6 Å². The lowest BCUT2D eigenvalue weighted by atomic mass is 9.79. The summed E-state index contributed by atoms with van der Waals surface area (Å²) >= 11 is 4.54. The maximum Gasteiger partial charge on any atom is 0.257 e. The van der Waals surface area contributed by atoms with E-state index in [0.29, 0.717) is 16.5 Å². The fraction of sp³-hybridized carbons (Fsp3) is 0.300. The lowest BCUT2D eigenvalue weighted by Crippen LogP contribution is -2.44. The van der Waals surface area contributed by atoms with Gasteiger partial charge in [0.1, 0.15) is 17.2 Å². The minimum atomic E-state index is -1.01. The first kappa shape index (κ1) is 19.5. The van der Waals surface area contributed by atoms with Gasteiger partial charge < -0.3 is 10.1 Å². The summed E-state index contributed by atoms with van der Waals surface area (Å²) in [5, 5.41) is 3.22. The summed E-state index contributed by atoms with van der Waals surface area (Å²) < 4.78 is 34.5. The van der Waals surface area contributed by atoms with Crippen LogP contribution < -0.4 is 5.32 Å². The van der Waals surface area contributed by atoms with Crippen LogP contribution in [0.15, 0.2) is 51.9 Å². The predicted octanol–water partition coefficient (Wildman–Crippen LogP) is 4.49. The second kappa shape index (κ2) is 7.57. The number of carbonyl (C=O) groups excluding carboxylic acids is 1. The highest BCUT2D eigenvalue weighted by molar-refractivity contribution is 9.10. The third-order valence-electron chi connectivity index (χ3n) is 5.18. The molecule has 1 N–H and O–H groups in total. The zero-order chi connectivity index (χ0) is 19.9. The van der Waals surface area contributed by atoms with Gasteiger partial charge in [-0.3, -0.25) is 4.79 Å². The van der Waals surface area contributed by atoms with E-state index in [1.807, 2.05) is 13.0 Å². The zero-order valence-corrected chi connectivity index (χ0v) is 17.3. The van der Waals surface area contributed by atoms with Gasteiger partial charge in [0.05, 0.1) is 17.2 Å². The molecule has 2 aromatic carbocycles. The topological polar surface area (TPSA) is 50.7 Å². The van der Waals surface area contributed by atoms with Crippen LogP contribution in [0.4, 0.5) is 8.78 Å². The van der Waals surface area contributed by atoms with Crippen LogP contribution in [0.3, 0.4) is 0 Å². The van der Waals surface area contributed by atoms with Gasteiger partial charge in [-0.1, -0.05) is 30.0 Å². The van der Waals surface area contributed by atoms with Crippen LogP contribution in [0.1, 0.15) is 22.8 Å². The molecule has 1 amide bonds. The highest BCUT2D eigenvalue weighted by Gasteiger charge is 2.53. The zero-order valence-electron chi connectivity index (χ0n) is 14.9. The number of thioether (sulfide) groups is 1. The minimum absolute atomic E-state index is 0.0956.